The highest BCUT2D eigenvalue weighted by Gasteiger charge is 2.07. The second kappa shape index (κ2) is 5.64. The van der Waals surface area contributed by atoms with E-state index in [0.717, 1.165) is 17.2 Å². The van der Waals surface area contributed by atoms with Gasteiger partial charge in [-0.05, 0) is 32.0 Å². The molecular weight excluding hydrogens is 232 g/mol. The summed E-state index contributed by atoms with van der Waals surface area (Å²) in [4.78, 5) is 10.7. The van der Waals surface area contributed by atoms with E-state index in [1.165, 1.54) is 0 Å². The summed E-state index contributed by atoms with van der Waals surface area (Å²) in [6.45, 7) is 4.89. The van der Waals surface area contributed by atoms with Gasteiger partial charge in [-0.2, -0.15) is 0 Å². The normalized spacial score (nSPS) is 11.1. The summed E-state index contributed by atoms with van der Waals surface area (Å²) < 4.78 is 10.9. The molecule has 1 aromatic carbocycles. The Hall–Kier alpha value is -1.88. The minimum absolute atomic E-state index is 0.186. The highest BCUT2D eigenvalue weighted by atomic mass is 16.5. The molecule has 0 bridgehead atoms. The summed E-state index contributed by atoms with van der Waals surface area (Å²) in [7, 11) is 0. The number of carbonyl (C=O) groups is 1. The molecule has 1 aromatic heterocycles. The Morgan fingerprint density at radius 1 is 1.39 bits per heavy atom. The number of aromatic amines is 1. The van der Waals surface area contributed by atoms with E-state index in [1.807, 2.05) is 19.9 Å². The SMILES string of the molecule is CC(C)OCCOc1n[nH]c2ccc(C=O)cc12. The Balaban J connectivity index is 2.06. The number of ether oxygens (including phenoxy) is 2. The van der Waals surface area contributed by atoms with E-state index in [-0.39, 0.29) is 6.10 Å². The second-order valence-corrected chi connectivity index (χ2v) is 4.22. The van der Waals surface area contributed by atoms with Crippen molar-refractivity contribution in [1.29, 1.82) is 0 Å². The van der Waals surface area contributed by atoms with Crippen molar-refractivity contribution >= 4 is 17.2 Å². The Kier molecular flexibility index (Phi) is 3.94. The number of hydrogen-bond donors (Lipinski definition) is 1. The van der Waals surface area contributed by atoms with Gasteiger partial charge in [0.1, 0.15) is 12.9 Å². The van der Waals surface area contributed by atoms with Gasteiger partial charge in [-0.3, -0.25) is 9.89 Å². The second-order valence-electron chi connectivity index (χ2n) is 4.22. The van der Waals surface area contributed by atoms with Crippen LogP contribution in [-0.4, -0.2) is 35.8 Å². The number of aldehydes is 1. The monoisotopic (exact) mass is 248 g/mol. The molecule has 5 heteroatoms. The number of fused-ring (bicyclic) bond motifs is 1. The summed E-state index contributed by atoms with van der Waals surface area (Å²) in [5.41, 5.74) is 1.45. The van der Waals surface area contributed by atoms with Crippen LogP contribution in [0.5, 0.6) is 5.88 Å². The number of benzene rings is 1. The predicted octanol–water partition coefficient (Wildman–Crippen LogP) is 2.18. The quantitative estimate of drug-likeness (QED) is 0.628. The summed E-state index contributed by atoms with van der Waals surface area (Å²) in [5, 5.41) is 7.74. The number of rotatable bonds is 6. The van der Waals surface area contributed by atoms with Crippen LogP contribution in [0.4, 0.5) is 0 Å². The fourth-order valence-electron chi connectivity index (χ4n) is 1.61. The first kappa shape index (κ1) is 12.6. The van der Waals surface area contributed by atoms with Crippen molar-refractivity contribution in [3.05, 3.63) is 23.8 Å². The van der Waals surface area contributed by atoms with Gasteiger partial charge in [0, 0.05) is 5.56 Å². The van der Waals surface area contributed by atoms with Crippen molar-refractivity contribution in [2.24, 2.45) is 0 Å². The van der Waals surface area contributed by atoms with Crippen molar-refractivity contribution in [2.75, 3.05) is 13.2 Å². The van der Waals surface area contributed by atoms with E-state index in [2.05, 4.69) is 10.2 Å². The first-order chi connectivity index (χ1) is 8.70. The van der Waals surface area contributed by atoms with Crippen molar-refractivity contribution in [2.45, 2.75) is 20.0 Å². The van der Waals surface area contributed by atoms with Crippen LogP contribution in [0.1, 0.15) is 24.2 Å². The Bertz CT molecular complexity index is 534. The maximum Gasteiger partial charge on any atom is 0.240 e. The molecule has 96 valence electrons. The molecule has 0 aliphatic rings. The van der Waals surface area contributed by atoms with E-state index in [4.69, 9.17) is 9.47 Å². The first-order valence-electron chi connectivity index (χ1n) is 5.88. The summed E-state index contributed by atoms with van der Waals surface area (Å²) in [6.07, 6.45) is 0.990. The lowest BCUT2D eigenvalue weighted by atomic mass is 10.2. The Morgan fingerprint density at radius 3 is 2.94 bits per heavy atom. The molecular formula is C13H16N2O3. The van der Waals surface area contributed by atoms with Crippen LogP contribution in [0.15, 0.2) is 18.2 Å². The molecule has 0 radical (unpaired) electrons. The van der Waals surface area contributed by atoms with Crippen molar-refractivity contribution in [3.8, 4) is 5.88 Å². The maximum atomic E-state index is 10.7. The van der Waals surface area contributed by atoms with Gasteiger partial charge < -0.3 is 9.47 Å². The average Bonchev–Trinajstić information content (AvgIpc) is 2.76. The molecule has 0 aliphatic carbocycles. The molecule has 0 spiro atoms. The van der Waals surface area contributed by atoms with Crippen molar-refractivity contribution < 1.29 is 14.3 Å². The summed E-state index contributed by atoms with van der Waals surface area (Å²) in [5.74, 6) is 0.501. The molecule has 0 unspecified atom stereocenters. The van der Waals surface area contributed by atoms with Gasteiger partial charge >= 0.3 is 0 Å². The van der Waals surface area contributed by atoms with E-state index in [0.29, 0.717) is 24.7 Å². The molecule has 1 N–H and O–H groups in total. The van der Waals surface area contributed by atoms with Gasteiger partial charge in [-0.15, -0.1) is 5.10 Å². The minimum Gasteiger partial charge on any atom is -0.474 e. The number of aromatic nitrogens is 2. The fraction of sp³-hybridized carbons (Fsp3) is 0.385. The smallest absolute Gasteiger partial charge is 0.240 e. The molecule has 2 aromatic rings. The van der Waals surface area contributed by atoms with E-state index in [9.17, 15) is 4.79 Å². The molecule has 5 nitrogen and oxygen atoms in total. The molecule has 0 aliphatic heterocycles. The van der Waals surface area contributed by atoms with Crippen LogP contribution in [0.25, 0.3) is 10.9 Å². The zero-order chi connectivity index (χ0) is 13.0. The van der Waals surface area contributed by atoms with Gasteiger partial charge in [0.05, 0.1) is 23.6 Å². The fourth-order valence-corrected chi connectivity index (χ4v) is 1.61. The van der Waals surface area contributed by atoms with Gasteiger partial charge in [0.2, 0.25) is 5.88 Å². The van der Waals surface area contributed by atoms with Crippen LogP contribution in [-0.2, 0) is 4.74 Å². The van der Waals surface area contributed by atoms with Gasteiger partial charge in [0.15, 0.2) is 0 Å². The lowest BCUT2D eigenvalue weighted by molar-refractivity contribution is 0.0546. The molecule has 1 heterocycles. The zero-order valence-electron chi connectivity index (χ0n) is 10.5. The highest BCUT2D eigenvalue weighted by molar-refractivity contribution is 5.89. The number of H-pyrrole nitrogens is 1. The van der Waals surface area contributed by atoms with E-state index in [1.54, 1.807) is 12.1 Å². The van der Waals surface area contributed by atoms with Crippen LogP contribution < -0.4 is 4.74 Å². The molecule has 18 heavy (non-hydrogen) atoms. The van der Waals surface area contributed by atoms with Gasteiger partial charge in [0.25, 0.3) is 0 Å². The zero-order valence-corrected chi connectivity index (χ0v) is 10.5. The molecule has 0 saturated carbocycles. The number of nitrogens with zero attached hydrogens (tertiary/aromatic N) is 1. The van der Waals surface area contributed by atoms with Gasteiger partial charge in [-0.25, -0.2) is 0 Å². The van der Waals surface area contributed by atoms with Crippen molar-refractivity contribution in [3.63, 3.8) is 0 Å². The molecule has 0 saturated heterocycles. The first-order valence-corrected chi connectivity index (χ1v) is 5.88. The molecule has 0 fully saturated rings. The molecule has 0 amide bonds. The van der Waals surface area contributed by atoms with Crippen LogP contribution >= 0.6 is 0 Å². The lowest BCUT2D eigenvalue weighted by Crippen LogP contribution is -2.11. The van der Waals surface area contributed by atoms with Crippen LogP contribution in [0.2, 0.25) is 0 Å². The predicted molar refractivity (Wildman–Crippen MR) is 68.1 cm³/mol. The van der Waals surface area contributed by atoms with Gasteiger partial charge in [-0.1, -0.05) is 0 Å². The third-order valence-electron chi connectivity index (χ3n) is 2.46. The van der Waals surface area contributed by atoms with Crippen molar-refractivity contribution in [1.82, 2.24) is 10.2 Å². The largest absolute Gasteiger partial charge is 0.474 e. The topological polar surface area (TPSA) is 64.2 Å². The number of nitrogens with one attached hydrogen (secondary N) is 1. The third-order valence-corrected chi connectivity index (χ3v) is 2.46. The van der Waals surface area contributed by atoms with E-state index < -0.39 is 0 Å². The van der Waals surface area contributed by atoms with E-state index >= 15 is 0 Å². The highest BCUT2D eigenvalue weighted by Crippen LogP contribution is 2.23. The average molecular weight is 248 g/mol. The lowest BCUT2D eigenvalue weighted by Gasteiger charge is -2.07. The van der Waals surface area contributed by atoms with Crippen LogP contribution in [0.3, 0.4) is 0 Å². The molecule has 0 atom stereocenters. The third kappa shape index (κ3) is 2.87. The van der Waals surface area contributed by atoms with Crippen LogP contribution in [0, 0.1) is 0 Å². The number of carbonyl (C=O) groups excluding carboxylic acids is 1. The maximum absolute atomic E-state index is 10.7. The summed E-state index contributed by atoms with van der Waals surface area (Å²) in [6, 6.07) is 5.30. The molecule has 2 rings (SSSR count). The summed E-state index contributed by atoms with van der Waals surface area (Å²) >= 11 is 0. The Labute approximate surface area is 105 Å². The number of hydrogen-bond acceptors (Lipinski definition) is 4. The minimum atomic E-state index is 0.186. The Morgan fingerprint density at radius 2 is 2.22 bits per heavy atom. The standard InChI is InChI=1S/C13H16N2O3/c1-9(2)17-5-6-18-13-11-7-10(8-16)3-4-12(11)14-15-13/h3-4,7-9H,5-6H2,1-2H3,(H,14,15).